The highest BCUT2D eigenvalue weighted by Crippen LogP contribution is 2.36. The van der Waals surface area contributed by atoms with Crippen LogP contribution in [0.5, 0.6) is 0 Å². The number of aryl methyl sites for hydroxylation is 2. The Morgan fingerprint density at radius 1 is 1.21 bits per heavy atom. The Balaban J connectivity index is 2.22. The third-order valence-corrected chi connectivity index (χ3v) is 4.78. The predicted molar refractivity (Wildman–Crippen MR) is 91.8 cm³/mol. The summed E-state index contributed by atoms with van der Waals surface area (Å²) in [5.74, 6) is -0.616. The van der Waals surface area contributed by atoms with Crippen molar-refractivity contribution in [3.05, 3.63) is 29.1 Å². The number of hydrogen-bond acceptors (Lipinski definition) is 4. The molecule has 1 heterocycles. The largest absolute Gasteiger partial charge is 0.494 e. The first-order valence-corrected chi connectivity index (χ1v) is 8.37. The van der Waals surface area contributed by atoms with Gasteiger partial charge in [0.1, 0.15) is 5.82 Å². The first-order valence-electron chi connectivity index (χ1n) is 8.37. The molecular formula is C18H26BFO4. The van der Waals surface area contributed by atoms with Crippen LogP contribution in [0.25, 0.3) is 0 Å². The van der Waals surface area contributed by atoms with Crippen molar-refractivity contribution in [2.75, 3.05) is 6.61 Å². The lowest BCUT2D eigenvalue weighted by atomic mass is 9.77. The van der Waals surface area contributed by atoms with Crippen LogP contribution in [0.3, 0.4) is 0 Å². The molecule has 0 unspecified atom stereocenters. The normalized spacial score (nSPS) is 18.7. The van der Waals surface area contributed by atoms with Crippen molar-refractivity contribution in [2.24, 2.45) is 0 Å². The third kappa shape index (κ3) is 3.81. The maximum atomic E-state index is 14.4. The van der Waals surface area contributed by atoms with Crippen molar-refractivity contribution in [2.45, 2.75) is 65.6 Å². The van der Waals surface area contributed by atoms with Crippen molar-refractivity contribution in [3.63, 3.8) is 0 Å². The van der Waals surface area contributed by atoms with Crippen LogP contribution in [0.1, 0.15) is 52.2 Å². The molecule has 0 amide bonds. The van der Waals surface area contributed by atoms with Gasteiger partial charge in [0.05, 0.1) is 17.8 Å². The van der Waals surface area contributed by atoms with Gasteiger partial charge >= 0.3 is 13.1 Å². The molecule has 0 atom stereocenters. The number of carbonyl (C=O) groups excluding carboxylic acids is 1. The monoisotopic (exact) mass is 336 g/mol. The number of halogens is 1. The van der Waals surface area contributed by atoms with Crippen molar-refractivity contribution < 1.29 is 23.2 Å². The highest BCUT2D eigenvalue weighted by atomic mass is 19.1. The minimum atomic E-state index is -0.546. The Morgan fingerprint density at radius 2 is 1.79 bits per heavy atom. The second-order valence-electron chi connectivity index (χ2n) is 7.20. The van der Waals surface area contributed by atoms with Crippen LogP contribution >= 0.6 is 0 Å². The van der Waals surface area contributed by atoms with Crippen molar-refractivity contribution >= 4 is 18.6 Å². The maximum Gasteiger partial charge on any atom is 0.494 e. The van der Waals surface area contributed by atoms with Crippen LogP contribution in [-0.4, -0.2) is 30.9 Å². The van der Waals surface area contributed by atoms with Gasteiger partial charge in [-0.25, -0.2) is 4.39 Å². The lowest BCUT2D eigenvalue weighted by Gasteiger charge is -2.32. The van der Waals surface area contributed by atoms with E-state index in [4.69, 9.17) is 14.0 Å². The van der Waals surface area contributed by atoms with E-state index < -0.39 is 18.3 Å². The Labute approximate surface area is 143 Å². The molecule has 6 heteroatoms. The van der Waals surface area contributed by atoms with E-state index in [1.807, 2.05) is 27.7 Å². The molecule has 0 aromatic heterocycles. The van der Waals surface area contributed by atoms with Crippen molar-refractivity contribution in [1.29, 1.82) is 0 Å². The Bertz CT molecular complexity index is 612. The SMILES string of the molecule is CCOC(=O)CCc1cc(B2OC(C)(C)C(C)(C)O2)cc(C)c1F. The van der Waals surface area contributed by atoms with E-state index in [1.54, 1.807) is 26.0 Å². The molecular weight excluding hydrogens is 310 g/mol. The van der Waals surface area contributed by atoms with Crippen LogP contribution in [-0.2, 0) is 25.3 Å². The fourth-order valence-corrected chi connectivity index (χ4v) is 2.64. The minimum absolute atomic E-state index is 0.150. The highest BCUT2D eigenvalue weighted by Gasteiger charge is 2.51. The van der Waals surface area contributed by atoms with Crippen LogP contribution in [0.15, 0.2) is 12.1 Å². The summed E-state index contributed by atoms with van der Waals surface area (Å²) in [6.07, 6.45) is 0.440. The number of esters is 1. The smallest absolute Gasteiger partial charge is 0.466 e. The van der Waals surface area contributed by atoms with Gasteiger partial charge < -0.3 is 14.0 Å². The number of rotatable bonds is 5. The van der Waals surface area contributed by atoms with E-state index in [2.05, 4.69) is 0 Å². The topological polar surface area (TPSA) is 44.8 Å². The summed E-state index contributed by atoms with van der Waals surface area (Å²) in [6.45, 7) is 11.7. The highest BCUT2D eigenvalue weighted by molar-refractivity contribution is 6.62. The summed E-state index contributed by atoms with van der Waals surface area (Å²) < 4.78 is 31.3. The van der Waals surface area contributed by atoms with Crippen LogP contribution in [0, 0.1) is 12.7 Å². The average molecular weight is 336 g/mol. The number of benzene rings is 1. The molecule has 1 aromatic rings. The van der Waals surface area contributed by atoms with Crippen LogP contribution in [0.2, 0.25) is 0 Å². The molecule has 2 rings (SSSR count). The van der Waals surface area contributed by atoms with E-state index in [0.29, 0.717) is 24.2 Å². The molecule has 0 spiro atoms. The lowest BCUT2D eigenvalue weighted by molar-refractivity contribution is -0.143. The van der Waals surface area contributed by atoms with Crippen molar-refractivity contribution in [1.82, 2.24) is 0 Å². The average Bonchev–Trinajstić information content (AvgIpc) is 2.69. The second-order valence-corrected chi connectivity index (χ2v) is 7.20. The summed E-state index contributed by atoms with van der Waals surface area (Å²) in [7, 11) is -0.546. The molecule has 24 heavy (non-hydrogen) atoms. The molecule has 0 saturated carbocycles. The Hall–Kier alpha value is -1.40. The maximum absolute atomic E-state index is 14.4. The zero-order valence-electron chi connectivity index (χ0n) is 15.4. The lowest BCUT2D eigenvalue weighted by Crippen LogP contribution is -2.41. The van der Waals surface area contributed by atoms with Gasteiger partial charge in [-0.15, -0.1) is 0 Å². The third-order valence-electron chi connectivity index (χ3n) is 4.78. The summed E-state index contributed by atoms with van der Waals surface area (Å²) in [4.78, 5) is 11.5. The fraction of sp³-hybridized carbons (Fsp3) is 0.611. The van der Waals surface area contributed by atoms with Crippen LogP contribution < -0.4 is 5.46 Å². The Kier molecular flexibility index (Phi) is 5.40. The molecule has 1 aromatic carbocycles. The van der Waals surface area contributed by atoms with Gasteiger partial charge in [0.2, 0.25) is 0 Å². The van der Waals surface area contributed by atoms with Gasteiger partial charge in [-0.3, -0.25) is 4.79 Å². The van der Waals surface area contributed by atoms with E-state index in [9.17, 15) is 9.18 Å². The molecule has 0 radical (unpaired) electrons. The Morgan fingerprint density at radius 3 is 2.33 bits per heavy atom. The second kappa shape index (κ2) is 6.85. The minimum Gasteiger partial charge on any atom is -0.466 e. The summed E-state index contributed by atoms with van der Waals surface area (Å²) in [5, 5.41) is 0. The predicted octanol–water partition coefficient (Wildman–Crippen LogP) is 2.93. The first kappa shape index (κ1) is 18.9. The zero-order valence-corrected chi connectivity index (χ0v) is 15.4. The fourth-order valence-electron chi connectivity index (χ4n) is 2.64. The molecule has 0 aliphatic carbocycles. The van der Waals surface area contributed by atoms with Gasteiger partial charge in [-0.1, -0.05) is 12.1 Å². The summed E-state index contributed by atoms with van der Waals surface area (Å²) in [6, 6.07) is 3.47. The van der Waals surface area contributed by atoms with Gasteiger partial charge in [0, 0.05) is 6.42 Å². The zero-order chi connectivity index (χ0) is 18.1. The quantitative estimate of drug-likeness (QED) is 0.613. The molecule has 0 bridgehead atoms. The van der Waals surface area contributed by atoms with Crippen LogP contribution in [0.4, 0.5) is 4.39 Å². The molecule has 1 aliphatic heterocycles. The molecule has 1 fully saturated rings. The van der Waals surface area contributed by atoms with E-state index in [1.165, 1.54) is 0 Å². The number of ether oxygens (including phenoxy) is 1. The molecule has 4 nitrogen and oxygen atoms in total. The van der Waals surface area contributed by atoms with E-state index in [0.717, 1.165) is 5.46 Å². The standard InChI is InChI=1S/C18H26BFO4/c1-7-22-15(21)9-8-13-11-14(10-12(2)16(13)20)19-23-17(3,4)18(5,6)24-19/h10-11H,7-9H2,1-6H3. The first-order chi connectivity index (χ1) is 11.1. The summed E-state index contributed by atoms with van der Waals surface area (Å²) >= 11 is 0. The van der Waals surface area contributed by atoms with Gasteiger partial charge in [0.15, 0.2) is 0 Å². The van der Waals surface area contributed by atoms with Crippen molar-refractivity contribution in [3.8, 4) is 0 Å². The summed E-state index contributed by atoms with van der Waals surface area (Å²) in [5.41, 5.74) is 0.857. The van der Waals surface area contributed by atoms with Gasteiger partial charge in [-0.2, -0.15) is 0 Å². The van der Waals surface area contributed by atoms with Gasteiger partial charge in [0.25, 0.3) is 0 Å². The molecule has 1 aliphatic rings. The number of carbonyl (C=O) groups is 1. The van der Waals surface area contributed by atoms with E-state index in [-0.39, 0.29) is 18.2 Å². The molecule has 1 saturated heterocycles. The van der Waals surface area contributed by atoms with Gasteiger partial charge in [-0.05, 0) is 64.6 Å². The molecule has 132 valence electrons. The molecule has 0 N–H and O–H groups in total. The number of hydrogen-bond donors (Lipinski definition) is 0. The van der Waals surface area contributed by atoms with E-state index >= 15 is 0 Å².